The first kappa shape index (κ1) is 25.1. The van der Waals surface area contributed by atoms with Gasteiger partial charge in [-0.2, -0.15) is 13.2 Å². The second-order valence-corrected chi connectivity index (χ2v) is 9.65. The maximum atomic E-state index is 14.8. The standard InChI is InChI=1S/C25H22F3N3O5/c1-23(2)12-18-20(19(32)13-23)24(25(26,27)28,22(34)30(18)14-15-7-4-3-5-8-15)29-21(33)16-9-6-10-17(11-16)31(35)36/h3-11H,12-14H2,1-2H3,(H,29,33)/t24-/m0/s1. The van der Waals surface area contributed by atoms with E-state index in [0.717, 1.165) is 29.2 Å². The fourth-order valence-electron chi connectivity index (χ4n) is 4.76. The van der Waals surface area contributed by atoms with E-state index in [1.807, 2.05) is 0 Å². The van der Waals surface area contributed by atoms with Crippen LogP contribution in [0.25, 0.3) is 0 Å². The summed E-state index contributed by atoms with van der Waals surface area (Å²) in [5.74, 6) is -3.74. The molecule has 1 aliphatic heterocycles. The van der Waals surface area contributed by atoms with Gasteiger partial charge in [0.15, 0.2) is 5.78 Å². The second-order valence-electron chi connectivity index (χ2n) is 9.65. The van der Waals surface area contributed by atoms with E-state index < -0.39 is 56.5 Å². The summed E-state index contributed by atoms with van der Waals surface area (Å²) in [6.45, 7) is 3.20. The number of nitrogens with one attached hydrogen (secondary N) is 1. The topological polar surface area (TPSA) is 110 Å². The minimum atomic E-state index is -5.37. The zero-order valence-electron chi connectivity index (χ0n) is 19.4. The lowest BCUT2D eigenvalue weighted by molar-refractivity contribution is -0.384. The Hall–Kier alpha value is -4.02. The molecule has 0 fully saturated rings. The third kappa shape index (κ3) is 4.14. The lowest BCUT2D eigenvalue weighted by Gasteiger charge is -2.35. The summed E-state index contributed by atoms with van der Waals surface area (Å²) in [5.41, 5.74) is -5.63. The Bertz CT molecular complexity index is 1300. The first-order valence-corrected chi connectivity index (χ1v) is 11.0. The summed E-state index contributed by atoms with van der Waals surface area (Å²) in [7, 11) is 0. The molecular weight excluding hydrogens is 479 g/mol. The first-order valence-electron chi connectivity index (χ1n) is 11.0. The van der Waals surface area contributed by atoms with Crippen LogP contribution >= 0.6 is 0 Å². The van der Waals surface area contributed by atoms with Crippen LogP contribution in [0.1, 0.15) is 42.6 Å². The number of amides is 2. The van der Waals surface area contributed by atoms with Crippen molar-refractivity contribution in [3.05, 3.63) is 87.1 Å². The number of non-ortho nitro benzene ring substituents is 1. The lowest BCUT2D eigenvalue weighted by Crippen LogP contribution is -2.66. The van der Waals surface area contributed by atoms with Gasteiger partial charge in [-0.1, -0.05) is 50.2 Å². The molecule has 188 valence electrons. The number of carbonyl (C=O) groups excluding carboxylic acids is 3. The van der Waals surface area contributed by atoms with Crippen LogP contribution in [0.4, 0.5) is 18.9 Å². The zero-order chi connectivity index (χ0) is 26.5. The van der Waals surface area contributed by atoms with Gasteiger partial charge >= 0.3 is 6.18 Å². The van der Waals surface area contributed by atoms with Gasteiger partial charge in [0.25, 0.3) is 17.5 Å². The van der Waals surface area contributed by atoms with Gasteiger partial charge in [0.1, 0.15) is 0 Å². The Labute approximate surface area is 203 Å². The highest BCUT2D eigenvalue weighted by atomic mass is 19.4. The monoisotopic (exact) mass is 501 g/mol. The Morgan fingerprint density at radius 2 is 1.75 bits per heavy atom. The van der Waals surface area contributed by atoms with E-state index in [0.29, 0.717) is 5.56 Å². The first-order chi connectivity index (χ1) is 16.8. The Kier molecular flexibility index (Phi) is 5.98. The molecule has 1 aliphatic carbocycles. The van der Waals surface area contributed by atoms with Crippen molar-refractivity contribution in [3.63, 3.8) is 0 Å². The molecular formula is C25H22F3N3O5. The number of halogens is 3. The van der Waals surface area contributed by atoms with Gasteiger partial charge in [-0.3, -0.25) is 24.5 Å². The van der Waals surface area contributed by atoms with Crippen molar-refractivity contribution < 1.29 is 32.5 Å². The van der Waals surface area contributed by atoms with E-state index >= 15 is 0 Å². The Morgan fingerprint density at radius 3 is 2.36 bits per heavy atom. The summed E-state index contributed by atoms with van der Waals surface area (Å²) >= 11 is 0. The summed E-state index contributed by atoms with van der Waals surface area (Å²) < 4.78 is 44.5. The van der Waals surface area contributed by atoms with Crippen molar-refractivity contribution in [1.82, 2.24) is 10.2 Å². The molecule has 2 amide bonds. The van der Waals surface area contributed by atoms with Crippen LogP contribution in [0.5, 0.6) is 0 Å². The summed E-state index contributed by atoms with van der Waals surface area (Å²) in [6, 6.07) is 12.4. The predicted octanol–water partition coefficient (Wildman–Crippen LogP) is 4.31. The van der Waals surface area contributed by atoms with Crippen LogP contribution in [0.3, 0.4) is 0 Å². The average Bonchev–Trinajstić information content (AvgIpc) is 3.02. The number of benzene rings is 2. The highest BCUT2D eigenvalue weighted by Crippen LogP contribution is 2.52. The molecule has 11 heteroatoms. The van der Waals surface area contributed by atoms with Crippen molar-refractivity contribution >= 4 is 23.3 Å². The third-order valence-electron chi connectivity index (χ3n) is 6.35. The van der Waals surface area contributed by atoms with Crippen molar-refractivity contribution in [2.45, 2.75) is 44.9 Å². The molecule has 0 unspecified atom stereocenters. The molecule has 0 radical (unpaired) electrons. The van der Waals surface area contributed by atoms with E-state index in [-0.39, 0.29) is 25.1 Å². The molecule has 4 rings (SSSR count). The molecule has 2 aromatic rings. The molecule has 0 aromatic heterocycles. The highest BCUT2D eigenvalue weighted by molar-refractivity contribution is 6.14. The van der Waals surface area contributed by atoms with Crippen LogP contribution < -0.4 is 5.32 Å². The van der Waals surface area contributed by atoms with Crippen LogP contribution in [0.15, 0.2) is 65.9 Å². The number of allylic oxidation sites excluding steroid dienone is 1. The molecule has 2 aliphatic rings. The number of nitrogens with zero attached hydrogens (tertiary/aromatic N) is 2. The molecule has 8 nitrogen and oxygen atoms in total. The van der Waals surface area contributed by atoms with Crippen LogP contribution in [0.2, 0.25) is 0 Å². The lowest BCUT2D eigenvalue weighted by atomic mass is 9.72. The molecule has 1 heterocycles. The molecule has 1 atom stereocenters. The number of nitro benzene ring substituents is 1. The summed E-state index contributed by atoms with van der Waals surface area (Å²) in [5, 5.41) is 12.9. The smallest absolute Gasteiger partial charge is 0.326 e. The van der Waals surface area contributed by atoms with E-state index in [9.17, 15) is 37.7 Å². The van der Waals surface area contributed by atoms with Gasteiger partial charge < -0.3 is 10.2 Å². The number of alkyl halides is 3. The zero-order valence-corrected chi connectivity index (χ0v) is 19.4. The molecule has 0 saturated heterocycles. The number of Topliss-reactive ketones (excluding diaryl/α,β-unsaturated/α-hetero) is 1. The van der Waals surface area contributed by atoms with Crippen molar-refractivity contribution in [3.8, 4) is 0 Å². The van der Waals surface area contributed by atoms with E-state index in [1.54, 1.807) is 49.5 Å². The molecule has 0 bridgehead atoms. The SMILES string of the molecule is CC1(C)CC(=O)C2=C(C1)N(Cc1ccccc1)C(=O)[C@]2(NC(=O)c1cccc([N+](=O)[O-])c1)C(F)(F)F. The van der Waals surface area contributed by atoms with Gasteiger partial charge in [0.05, 0.1) is 17.0 Å². The van der Waals surface area contributed by atoms with Crippen molar-refractivity contribution in [2.24, 2.45) is 5.41 Å². The fourth-order valence-corrected chi connectivity index (χ4v) is 4.76. The molecule has 36 heavy (non-hydrogen) atoms. The van der Waals surface area contributed by atoms with Gasteiger partial charge in [0.2, 0.25) is 5.54 Å². The molecule has 1 N–H and O–H groups in total. The van der Waals surface area contributed by atoms with Crippen molar-refractivity contribution in [2.75, 3.05) is 0 Å². The quantitative estimate of drug-likeness (QED) is 0.485. The number of nitro groups is 1. The number of hydrogen-bond acceptors (Lipinski definition) is 5. The third-order valence-corrected chi connectivity index (χ3v) is 6.35. The summed E-state index contributed by atoms with van der Waals surface area (Å²) in [6.07, 6.45) is -5.61. The summed E-state index contributed by atoms with van der Waals surface area (Å²) in [4.78, 5) is 51.0. The average molecular weight is 501 g/mol. The van der Waals surface area contributed by atoms with Crippen LogP contribution in [-0.2, 0) is 16.1 Å². The van der Waals surface area contributed by atoms with Crippen LogP contribution in [-0.4, -0.2) is 39.1 Å². The molecule has 0 saturated carbocycles. The molecule has 2 aromatic carbocycles. The number of rotatable bonds is 5. The van der Waals surface area contributed by atoms with Crippen LogP contribution in [0, 0.1) is 15.5 Å². The fraction of sp³-hybridized carbons (Fsp3) is 0.320. The minimum absolute atomic E-state index is 0.0111. The highest BCUT2D eigenvalue weighted by Gasteiger charge is 2.71. The van der Waals surface area contributed by atoms with Crippen molar-refractivity contribution in [1.29, 1.82) is 0 Å². The number of ketones is 1. The molecule has 0 spiro atoms. The number of carbonyl (C=O) groups is 3. The van der Waals surface area contributed by atoms with Gasteiger partial charge in [0, 0.05) is 29.8 Å². The largest absolute Gasteiger partial charge is 0.425 e. The van der Waals surface area contributed by atoms with E-state index in [1.165, 1.54) is 0 Å². The maximum Gasteiger partial charge on any atom is 0.425 e. The van der Waals surface area contributed by atoms with Gasteiger partial charge in [-0.05, 0) is 23.5 Å². The van der Waals surface area contributed by atoms with E-state index in [4.69, 9.17) is 0 Å². The van der Waals surface area contributed by atoms with Gasteiger partial charge in [-0.25, -0.2) is 0 Å². The minimum Gasteiger partial charge on any atom is -0.326 e. The second kappa shape index (κ2) is 8.58. The normalized spacial score (nSPS) is 21.4. The van der Waals surface area contributed by atoms with Gasteiger partial charge in [-0.15, -0.1) is 0 Å². The van der Waals surface area contributed by atoms with E-state index in [2.05, 4.69) is 0 Å². The maximum absolute atomic E-state index is 14.8. The predicted molar refractivity (Wildman–Crippen MR) is 121 cm³/mol. The Morgan fingerprint density at radius 1 is 1.08 bits per heavy atom. The Balaban J connectivity index is 1.86. The number of hydrogen-bond donors (Lipinski definition) is 1.